The van der Waals surface area contributed by atoms with Crippen LogP contribution in [0.1, 0.15) is 30.1 Å². The lowest BCUT2D eigenvalue weighted by Crippen LogP contribution is -2.40. The lowest BCUT2D eigenvalue weighted by atomic mass is 10.1. The number of benzene rings is 1. The molecule has 2 aliphatic heterocycles. The fourth-order valence-electron chi connectivity index (χ4n) is 3.56. The highest BCUT2D eigenvalue weighted by Crippen LogP contribution is 2.17. The van der Waals surface area contributed by atoms with E-state index in [1.165, 1.54) is 5.56 Å². The first-order chi connectivity index (χ1) is 12.3. The Bertz CT molecular complexity index is 697. The van der Waals surface area contributed by atoms with Gasteiger partial charge in [-0.05, 0) is 24.8 Å². The highest BCUT2D eigenvalue weighted by atomic mass is 16.5. The van der Waals surface area contributed by atoms with E-state index < -0.39 is 0 Å². The SMILES string of the molecule is O=C([C@H]1CCCO1)N1CCc2nc(CCc3ccccc3)nn2CC1. The molecule has 1 aromatic carbocycles. The van der Waals surface area contributed by atoms with Crippen LogP contribution in [0.15, 0.2) is 30.3 Å². The molecule has 0 bridgehead atoms. The van der Waals surface area contributed by atoms with Crippen LogP contribution in [0, 0.1) is 0 Å². The van der Waals surface area contributed by atoms with E-state index in [9.17, 15) is 4.79 Å². The predicted molar refractivity (Wildman–Crippen MR) is 93.1 cm³/mol. The van der Waals surface area contributed by atoms with Crippen molar-refractivity contribution in [1.82, 2.24) is 19.7 Å². The van der Waals surface area contributed by atoms with E-state index in [0.29, 0.717) is 26.2 Å². The number of nitrogens with zero attached hydrogens (tertiary/aromatic N) is 4. The Morgan fingerprint density at radius 1 is 1.16 bits per heavy atom. The number of aromatic nitrogens is 3. The van der Waals surface area contributed by atoms with Crippen LogP contribution in [0.3, 0.4) is 0 Å². The van der Waals surface area contributed by atoms with Crippen LogP contribution in [0.25, 0.3) is 0 Å². The number of hydrogen-bond acceptors (Lipinski definition) is 4. The Morgan fingerprint density at radius 2 is 2.04 bits per heavy atom. The van der Waals surface area contributed by atoms with Crippen LogP contribution in [0.4, 0.5) is 0 Å². The topological polar surface area (TPSA) is 60.2 Å². The number of aryl methyl sites for hydroxylation is 2. The Morgan fingerprint density at radius 3 is 2.84 bits per heavy atom. The maximum Gasteiger partial charge on any atom is 0.251 e. The quantitative estimate of drug-likeness (QED) is 0.849. The Hall–Kier alpha value is -2.21. The van der Waals surface area contributed by atoms with Gasteiger partial charge in [0.1, 0.15) is 11.9 Å². The number of carbonyl (C=O) groups excluding carboxylic acids is 1. The van der Waals surface area contributed by atoms with Crippen molar-refractivity contribution in [2.45, 2.75) is 44.8 Å². The highest BCUT2D eigenvalue weighted by Gasteiger charge is 2.29. The van der Waals surface area contributed by atoms with Crippen molar-refractivity contribution in [3.63, 3.8) is 0 Å². The van der Waals surface area contributed by atoms with Crippen LogP contribution in [-0.2, 0) is 35.3 Å². The lowest BCUT2D eigenvalue weighted by Gasteiger charge is -2.22. The molecular weight excluding hydrogens is 316 g/mol. The van der Waals surface area contributed by atoms with Crippen molar-refractivity contribution in [1.29, 1.82) is 0 Å². The van der Waals surface area contributed by atoms with Crippen LogP contribution in [-0.4, -0.2) is 51.4 Å². The van der Waals surface area contributed by atoms with Gasteiger partial charge in [0.25, 0.3) is 5.91 Å². The van der Waals surface area contributed by atoms with Crippen molar-refractivity contribution in [3.8, 4) is 0 Å². The molecule has 0 saturated carbocycles. The first-order valence-corrected chi connectivity index (χ1v) is 9.16. The summed E-state index contributed by atoms with van der Waals surface area (Å²) in [5.74, 6) is 2.02. The van der Waals surface area contributed by atoms with E-state index >= 15 is 0 Å². The summed E-state index contributed by atoms with van der Waals surface area (Å²) < 4.78 is 7.51. The molecule has 6 nitrogen and oxygen atoms in total. The number of carbonyl (C=O) groups is 1. The van der Waals surface area contributed by atoms with E-state index in [0.717, 1.165) is 43.8 Å². The molecule has 0 unspecified atom stereocenters. The minimum Gasteiger partial charge on any atom is -0.368 e. The summed E-state index contributed by atoms with van der Waals surface area (Å²) in [7, 11) is 0. The summed E-state index contributed by atoms with van der Waals surface area (Å²) in [6.45, 7) is 2.81. The average molecular weight is 340 g/mol. The van der Waals surface area contributed by atoms with Crippen molar-refractivity contribution in [2.24, 2.45) is 0 Å². The lowest BCUT2D eigenvalue weighted by molar-refractivity contribution is -0.140. The summed E-state index contributed by atoms with van der Waals surface area (Å²) in [4.78, 5) is 19.1. The Labute approximate surface area is 147 Å². The zero-order valence-corrected chi connectivity index (χ0v) is 14.4. The van der Waals surface area contributed by atoms with Gasteiger partial charge in [-0.15, -0.1) is 0 Å². The molecule has 0 N–H and O–H groups in total. The summed E-state index contributed by atoms with van der Waals surface area (Å²) in [6.07, 6.45) is 4.16. The van der Waals surface area contributed by atoms with E-state index in [2.05, 4.69) is 29.4 Å². The smallest absolute Gasteiger partial charge is 0.251 e. The molecule has 0 radical (unpaired) electrons. The van der Waals surface area contributed by atoms with E-state index in [4.69, 9.17) is 9.72 Å². The van der Waals surface area contributed by atoms with Crippen molar-refractivity contribution in [2.75, 3.05) is 19.7 Å². The van der Waals surface area contributed by atoms with Crippen LogP contribution >= 0.6 is 0 Å². The molecule has 0 aliphatic carbocycles. The van der Waals surface area contributed by atoms with Gasteiger partial charge in [0.05, 0.1) is 6.54 Å². The maximum atomic E-state index is 12.5. The molecule has 25 heavy (non-hydrogen) atoms. The van der Waals surface area contributed by atoms with Gasteiger partial charge >= 0.3 is 0 Å². The minimum atomic E-state index is -0.236. The number of rotatable bonds is 4. The van der Waals surface area contributed by atoms with Gasteiger partial charge in [0.15, 0.2) is 5.82 Å². The summed E-state index contributed by atoms with van der Waals surface area (Å²) in [5.41, 5.74) is 1.31. The first-order valence-electron chi connectivity index (χ1n) is 9.16. The third kappa shape index (κ3) is 3.74. The number of amides is 1. The van der Waals surface area contributed by atoms with Crippen molar-refractivity contribution in [3.05, 3.63) is 47.5 Å². The van der Waals surface area contributed by atoms with Crippen LogP contribution < -0.4 is 0 Å². The molecule has 1 aromatic heterocycles. The zero-order chi connectivity index (χ0) is 17.1. The van der Waals surface area contributed by atoms with Gasteiger partial charge in [-0.25, -0.2) is 9.67 Å². The van der Waals surface area contributed by atoms with E-state index in [1.54, 1.807) is 0 Å². The molecule has 4 rings (SSSR count). The van der Waals surface area contributed by atoms with E-state index in [1.807, 2.05) is 15.6 Å². The molecule has 132 valence electrons. The largest absolute Gasteiger partial charge is 0.368 e. The van der Waals surface area contributed by atoms with E-state index in [-0.39, 0.29) is 12.0 Å². The molecular formula is C19H24N4O2. The summed E-state index contributed by atoms with van der Waals surface area (Å²) in [6, 6.07) is 10.4. The summed E-state index contributed by atoms with van der Waals surface area (Å²) in [5, 5.41) is 4.65. The van der Waals surface area contributed by atoms with Crippen LogP contribution in [0.5, 0.6) is 0 Å². The normalized spacial score (nSPS) is 20.3. The second-order valence-electron chi connectivity index (χ2n) is 6.73. The number of fused-ring (bicyclic) bond motifs is 1. The number of ether oxygens (including phenoxy) is 1. The van der Waals surface area contributed by atoms with Crippen molar-refractivity contribution >= 4 is 5.91 Å². The van der Waals surface area contributed by atoms with Crippen molar-refractivity contribution < 1.29 is 9.53 Å². The molecule has 2 aliphatic rings. The maximum absolute atomic E-state index is 12.5. The van der Waals surface area contributed by atoms with Gasteiger partial charge in [0.2, 0.25) is 0 Å². The highest BCUT2D eigenvalue weighted by molar-refractivity contribution is 5.81. The fraction of sp³-hybridized carbons (Fsp3) is 0.526. The minimum absolute atomic E-state index is 0.132. The van der Waals surface area contributed by atoms with Gasteiger partial charge in [-0.2, -0.15) is 5.10 Å². The van der Waals surface area contributed by atoms with Gasteiger partial charge in [-0.3, -0.25) is 4.79 Å². The van der Waals surface area contributed by atoms with Gasteiger partial charge in [-0.1, -0.05) is 30.3 Å². The Balaban J connectivity index is 1.35. The molecule has 2 aromatic rings. The second-order valence-corrected chi connectivity index (χ2v) is 6.73. The zero-order valence-electron chi connectivity index (χ0n) is 14.4. The third-order valence-electron chi connectivity index (χ3n) is 4.98. The van der Waals surface area contributed by atoms with Crippen LogP contribution in [0.2, 0.25) is 0 Å². The molecule has 6 heteroatoms. The molecule has 0 spiro atoms. The average Bonchev–Trinajstić information content (AvgIpc) is 3.27. The molecule has 3 heterocycles. The first kappa shape index (κ1) is 16.3. The monoisotopic (exact) mass is 340 g/mol. The molecule has 1 atom stereocenters. The Kier molecular flexibility index (Phi) is 4.78. The van der Waals surface area contributed by atoms with Gasteiger partial charge in [0, 0.05) is 32.5 Å². The second kappa shape index (κ2) is 7.35. The van der Waals surface area contributed by atoms with Gasteiger partial charge < -0.3 is 9.64 Å². The molecule has 1 amide bonds. The standard InChI is InChI=1S/C19H24N4O2/c24-19(16-7-4-14-25-16)22-11-10-18-20-17(21-23(18)13-12-22)9-8-15-5-2-1-3-6-15/h1-3,5-6,16H,4,7-14H2/t16-/m1/s1. The fourth-order valence-corrected chi connectivity index (χ4v) is 3.56. The predicted octanol–water partition coefficient (Wildman–Crippen LogP) is 1.63. The molecule has 1 saturated heterocycles. The number of hydrogen-bond donors (Lipinski definition) is 0. The third-order valence-corrected chi connectivity index (χ3v) is 4.98. The summed E-state index contributed by atoms with van der Waals surface area (Å²) >= 11 is 0. The molecule has 1 fully saturated rings.